The molecule has 0 fully saturated rings. The molecule has 0 bridgehead atoms. The molecule has 32 heavy (non-hydrogen) atoms. The molecule has 0 atom stereocenters. The van der Waals surface area contributed by atoms with Crippen molar-refractivity contribution in [3.05, 3.63) is 0 Å². The van der Waals surface area contributed by atoms with Crippen molar-refractivity contribution in [2.45, 2.75) is 129 Å². The fraction of sp³-hybridized carbons (Fsp3) is 0.923. The van der Waals surface area contributed by atoms with Crippen molar-refractivity contribution in [3.63, 3.8) is 0 Å². The van der Waals surface area contributed by atoms with Gasteiger partial charge in [0.15, 0.2) is 0 Å². The number of carboxylic acid groups (broad SMARTS) is 2. The molecule has 0 saturated heterocycles. The second kappa shape index (κ2) is 29.9. The largest absolute Gasteiger partial charge is 0.481 e. The lowest BCUT2D eigenvalue weighted by Gasteiger charge is -2.03. The lowest BCUT2D eigenvalue weighted by molar-refractivity contribution is -0.138. The molecule has 192 valence electrons. The monoisotopic (exact) mass is 460 g/mol. The first kappa shape index (κ1) is 33.0. The molecular formula is C26H52O6. The van der Waals surface area contributed by atoms with E-state index in [1.165, 1.54) is 64.2 Å². The van der Waals surface area contributed by atoms with E-state index in [2.05, 4.69) is 13.8 Å². The summed E-state index contributed by atoms with van der Waals surface area (Å²) in [7, 11) is 0. The van der Waals surface area contributed by atoms with Crippen LogP contribution in [-0.2, 0) is 19.1 Å². The smallest absolute Gasteiger partial charge is 0.303 e. The zero-order valence-corrected chi connectivity index (χ0v) is 21.1. The van der Waals surface area contributed by atoms with Crippen molar-refractivity contribution in [2.24, 2.45) is 0 Å². The van der Waals surface area contributed by atoms with Gasteiger partial charge >= 0.3 is 11.9 Å². The highest BCUT2D eigenvalue weighted by molar-refractivity contribution is 5.66. The van der Waals surface area contributed by atoms with Crippen LogP contribution >= 0.6 is 0 Å². The average molecular weight is 461 g/mol. The fourth-order valence-electron chi connectivity index (χ4n) is 3.13. The third-order valence-electron chi connectivity index (χ3n) is 5.14. The van der Waals surface area contributed by atoms with Crippen LogP contribution in [0.5, 0.6) is 0 Å². The zero-order valence-electron chi connectivity index (χ0n) is 21.1. The van der Waals surface area contributed by atoms with Gasteiger partial charge in [-0.05, 0) is 38.5 Å². The number of hydrogen-bond donors (Lipinski definition) is 2. The highest BCUT2D eigenvalue weighted by atomic mass is 16.5. The van der Waals surface area contributed by atoms with Crippen LogP contribution in [0, 0.1) is 0 Å². The maximum atomic E-state index is 10.2. The predicted molar refractivity (Wildman–Crippen MR) is 131 cm³/mol. The molecule has 0 aliphatic rings. The number of aliphatic carboxylic acids is 2. The first-order valence-corrected chi connectivity index (χ1v) is 13.1. The minimum absolute atomic E-state index is 0.264. The lowest BCUT2D eigenvalue weighted by atomic mass is 10.1. The van der Waals surface area contributed by atoms with Crippen molar-refractivity contribution in [1.29, 1.82) is 0 Å². The van der Waals surface area contributed by atoms with Gasteiger partial charge in [-0.25, -0.2) is 0 Å². The minimum atomic E-state index is -0.712. The Morgan fingerprint density at radius 2 is 0.750 bits per heavy atom. The zero-order chi connectivity index (χ0) is 24.1. The highest BCUT2D eigenvalue weighted by Crippen LogP contribution is 2.06. The summed E-state index contributed by atoms with van der Waals surface area (Å²) >= 11 is 0. The number of carboxylic acids is 2. The maximum Gasteiger partial charge on any atom is 0.303 e. The van der Waals surface area contributed by atoms with Gasteiger partial charge in [0.05, 0.1) is 0 Å². The van der Waals surface area contributed by atoms with Gasteiger partial charge in [-0.2, -0.15) is 0 Å². The summed E-state index contributed by atoms with van der Waals surface area (Å²) in [6, 6.07) is 0. The molecule has 0 aliphatic carbocycles. The Labute approximate surface area is 197 Å². The van der Waals surface area contributed by atoms with E-state index in [9.17, 15) is 9.59 Å². The Bertz CT molecular complexity index is 351. The summed E-state index contributed by atoms with van der Waals surface area (Å²) in [6.45, 7) is 7.53. The Balaban J connectivity index is 0. The van der Waals surface area contributed by atoms with Crippen LogP contribution in [-0.4, -0.2) is 48.6 Å². The standard InChI is InChI=1S/2C13H26O3/c2*1-2-3-4-5-6-8-11-16-12-9-7-10-13(14)15/h2*2-12H2,1H3,(H,14,15). The van der Waals surface area contributed by atoms with Crippen LogP contribution in [0.2, 0.25) is 0 Å². The van der Waals surface area contributed by atoms with Crippen LogP contribution in [0.4, 0.5) is 0 Å². The van der Waals surface area contributed by atoms with Gasteiger partial charge in [0.2, 0.25) is 0 Å². The molecule has 6 heteroatoms. The third-order valence-corrected chi connectivity index (χ3v) is 5.14. The summed E-state index contributed by atoms with van der Waals surface area (Å²) in [4.78, 5) is 20.4. The normalized spacial score (nSPS) is 10.6. The fourth-order valence-corrected chi connectivity index (χ4v) is 3.13. The van der Waals surface area contributed by atoms with Crippen LogP contribution in [0.25, 0.3) is 0 Å². The molecule has 0 amide bonds. The molecule has 0 aromatic heterocycles. The van der Waals surface area contributed by atoms with E-state index in [-0.39, 0.29) is 12.8 Å². The van der Waals surface area contributed by atoms with Crippen molar-refractivity contribution >= 4 is 11.9 Å². The van der Waals surface area contributed by atoms with Crippen LogP contribution in [0.3, 0.4) is 0 Å². The molecular weight excluding hydrogens is 408 g/mol. The lowest BCUT2D eigenvalue weighted by Crippen LogP contribution is -1.99. The molecule has 6 nitrogen and oxygen atoms in total. The van der Waals surface area contributed by atoms with Gasteiger partial charge in [0.1, 0.15) is 0 Å². The number of rotatable bonds is 24. The van der Waals surface area contributed by atoms with E-state index >= 15 is 0 Å². The van der Waals surface area contributed by atoms with Gasteiger partial charge in [0, 0.05) is 39.3 Å². The molecule has 0 unspecified atom stereocenters. The SMILES string of the molecule is CCCCCCCCOCCCCC(=O)O.CCCCCCCCOCCCCC(=O)O. The van der Waals surface area contributed by atoms with Gasteiger partial charge in [-0.15, -0.1) is 0 Å². The van der Waals surface area contributed by atoms with Crippen molar-refractivity contribution in [1.82, 2.24) is 0 Å². The molecule has 0 heterocycles. The first-order valence-electron chi connectivity index (χ1n) is 13.1. The molecule has 0 spiro atoms. The van der Waals surface area contributed by atoms with Crippen LogP contribution in [0.15, 0.2) is 0 Å². The molecule has 0 aromatic rings. The van der Waals surface area contributed by atoms with E-state index in [0.29, 0.717) is 13.2 Å². The Hall–Kier alpha value is -1.14. The molecule has 0 aromatic carbocycles. The van der Waals surface area contributed by atoms with Crippen molar-refractivity contribution in [3.8, 4) is 0 Å². The summed E-state index contributed by atoms with van der Waals surface area (Å²) in [5, 5.41) is 16.8. The molecule has 0 aliphatic heterocycles. The summed E-state index contributed by atoms with van der Waals surface area (Å²) < 4.78 is 10.9. The van der Waals surface area contributed by atoms with Gasteiger partial charge in [0.25, 0.3) is 0 Å². The molecule has 0 radical (unpaired) electrons. The predicted octanol–water partition coefficient (Wildman–Crippen LogP) is 7.24. The van der Waals surface area contributed by atoms with Gasteiger partial charge in [-0.1, -0.05) is 78.1 Å². The summed E-state index contributed by atoms with van der Waals surface area (Å²) in [5.41, 5.74) is 0. The maximum absolute atomic E-state index is 10.2. The van der Waals surface area contributed by atoms with E-state index in [4.69, 9.17) is 19.7 Å². The van der Waals surface area contributed by atoms with E-state index in [1.807, 2.05) is 0 Å². The quantitative estimate of drug-likeness (QED) is 0.147. The number of hydrogen-bond acceptors (Lipinski definition) is 4. The first-order chi connectivity index (χ1) is 15.5. The average Bonchev–Trinajstić information content (AvgIpc) is 2.76. The summed E-state index contributed by atoms with van der Waals surface area (Å²) in [5.74, 6) is -1.42. The van der Waals surface area contributed by atoms with Gasteiger partial charge < -0.3 is 19.7 Å². The van der Waals surface area contributed by atoms with E-state index < -0.39 is 11.9 Å². The Morgan fingerprint density at radius 1 is 0.469 bits per heavy atom. The topological polar surface area (TPSA) is 93.1 Å². The van der Waals surface area contributed by atoms with Crippen LogP contribution < -0.4 is 0 Å². The highest BCUT2D eigenvalue weighted by Gasteiger charge is 1.97. The van der Waals surface area contributed by atoms with Crippen molar-refractivity contribution in [2.75, 3.05) is 26.4 Å². The Morgan fingerprint density at radius 3 is 1.06 bits per heavy atom. The molecule has 0 saturated carbocycles. The second-order valence-corrected chi connectivity index (χ2v) is 8.46. The molecule has 0 rings (SSSR count). The van der Waals surface area contributed by atoms with Gasteiger partial charge in [-0.3, -0.25) is 9.59 Å². The number of unbranched alkanes of at least 4 members (excludes halogenated alkanes) is 12. The summed E-state index contributed by atoms with van der Waals surface area (Å²) in [6.07, 6.45) is 19.1. The number of carbonyl (C=O) groups is 2. The molecule has 2 N–H and O–H groups in total. The third kappa shape index (κ3) is 36.2. The minimum Gasteiger partial charge on any atom is -0.481 e. The van der Waals surface area contributed by atoms with E-state index in [0.717, 1.165) is 51.7 Å². The Kier molecular flexibility index (Phi) is 30.8. The van der Waals surface area contributed by atoms with Crippen LogP contribution in [0.1, 0.15) is 129 Å². The number of ether oxygens (including phenoxy) is 2. The second-order valence-electron chi connectivity index (χ2n) is 8.46. The van der Waals surface area contributed by atoms with Crippen molar-refractivity contribution < 1.29 is 29.3 Å². The van der Waals surface area contributed by atoms with E-state index in [1.54, 1.807) is 0 Å².